The van der Waals surface area contributed by atoms with Crippen molar-refractivity contribution in [3.63, 3.8) is 0 Å². The van der Waals surface area contributed by atoms with Crippen LogP contribution in [0.2, 0.25) is 0 Å². The van der Waals surface area contributed by atoms with Crippen LogP contribution in [0.15, 0.2) is 0 Å². The molecule has 1 saturated carbocycles. The molecule has 3 atom stereocenters. The molecule has 0 heterocycles. The molecule has 0 saturated heterocycles. The van der Waals surface area contributed by atoms with Crippen LogP contribution in [0, 0.1) is 11.8 Å². The SMILES string of the molecule is CC(O)CCNCC1CCCC1CO. The van der Waals surface area contributed by atoms with E-state index in [1.807, 2.05) is 6.92 Å². The topological polar surface area (TPSA) is 52.5 Å². The second-order valence-electron chi connectivity index (χ2n) is 4.48. The fourth-order valence-corrected chi connectivity index (χ4v) is 2.22. The van der Waals surface area contributed by atoms with E-state index in [1.54, 1.807) is 0 Å². The first-order chi connectivity index (χ1) is 6.74. The van der Waals surface area contributed by atoms with Crippen molar-refractivity contribution in [1.29, 1.82) is 0 Å². The maximum atomic E-state index is 9.11. The number of rotatable bonds is 6. The quantitative estimate of drug-likeness (QED) is 0.556. The molecular formula is C11H23NO2. The minimum absolute atomic E-state index is 0.209. The lowest BCUT2D eigenvalue weighted by Gasteiger charge is -2.18. The Hall–Kier alpha value is -0.120. The summed E-state index contributed by atoms with van der Waals surface area (Å²) in [6, 6.07) is 0. The lowest BCUT2D eigenvalue weighted by molar-refractivity contribution is 0.176. The zero-order valence-electron chi connectivity index (χ0n) is 9.08. The van der Waals surface area contributed by atoms with Crippen LogP contribution in [-0.4, -0.2) is 36.0 Å². The molecule has 1 rings (SSSR count). The maximum Gasteiger partial charge on any atom is 0.0524 e. The molecule has 0 amide bonds. The van der Waals surface area contributed by atoms with Crippen molar-refractivity contribution < 1.29 is 10.2 Å². The maximum absolute atomic E-state index is 9.11. The van der Waals surface area contributed by atoms with Crippen molar-refractivity contribution in [3.8, 4) is 0 Å². The second-order valence-corrected chi connectivity index (χ2v) is 4.48. The van der Waals surface area contributed by atoms with Gasteiger partial charge in [0.2, 0.25) is 0 Å². The van der Waals surface area contributed by atoms with Gasteiger partial charge in [0, 0.05) is 6.61 Å². The molecule has 0 bridgehead atoms. The molecule has 0 radical (unpaired) electrons. The van der Waals surface area contributed by atoms with Gasteiger partial charge in [0.15, 0.2) is 0 Å². The van der Waals surface area contributed by atoms with Crippen LogP contribution in [0.1, 0.15) is 32.6 Å². The summed E-state index contributed by atoms with van der Waals surface area (Å²) in [6.07, 6.45) is 4.29. The largest absolute Gasteiger partial charge is 0.396 e. The zero-order chi connectivity index (χ0) is 10.4. The summed E-state index contributed by atoms with van der Waals surface area (Å²) in [7, 11) is 0. The monoisotopic (exact) mass is 201 g/mol. The van der Waals surface area contributed by atoms with Gasteiger partial charge < -0.3 is 15.5 Å². The van der Waals surface area contributed by atoms with Gasteiger partial charge in [0.1, 0.15) is 0 Å². The van der Waals surface area contributed by atoms with Crippen LogP contribution in [0.25, 0.3) is 0 Å². The number of hydrogen-bond donors (Lipinski definition) is 3. The van der Waals surface area contributed by atoms with Gasteiger partial charge in [-0.15, -0.1) is 0 Å². The fraction of sp³-hybridized carbons (Fsp3) is 1.00. The van der Waals surface area contributed by atoms with E-state index in [9.17, 15) is 0 Å². The molecule has 14 heavy (non-hydrogen) atoms. The van der Waals surface area contributed by atoms with E-state index in [0.717, 1.165) is 19.5 Å². The molecule has 1 fully saturated rings. The standard InChI is InChI=1S/C11H23NO2/c1-9(14)5-6-12-7-10-3-2-4-11(10)8-13/h9-14H,2-8H2,1H3. The van der Waals surface area contributed by atoms with Crippen molar-refractivity contribution in [2.45, 2.75) is 38.7 Å². The summed E-state index contributed by atoms with van der Waals surface area (Å²) in [5, 5.41) is 21.5. The first kappa shape index (κ1) is 12.0. The molecule has 3 unspecified atom stereocenters. The fourth-order valence-electron chi connectivity index (χ4n) is 2.22. The van der Waals surface area contributed by atoms with Gasteiger partial charge in [0.05, 0.1) is 6.10 Å². The molecule has 0 aromatic rings. The summed E-state index contributed by atoms with van der Waals surface area (Å²) in [5.41, 5.74) is 0. The first-order valence-corrected chi connectivity index (χ1v) is 5.73. The van der Waals surface area contributed by atoms with E-state index in [2.05, 4.69) is 5.32 Å². The van der Waals surface area contributed by atoms with E-state index < -0.39 is 0 Å². The molecule has 3 N–H and O–H groups in total. The normalized spacial score (nSPS) is 29.4. The average molecular weight is 201 g/mol. The van der Waals surface area contributed by atoms with E-state index in [1.165, 1.54) is 19.3 Å². The molecular weight excluding hydrogens is 178 g/mol. The molecule has 84 valence electrons. The number of aliphatic hydroxyl groups is 2. The molecule has 1 aliphatic rings. The molecule has 0 spiro atoms. The molecule has 0 aliphatic heterocycles. The van der Waals surface area contributed by atoms with Gasteiger partial charge >= 0.3 is 0 Å². The average Bonchev–Trinajstić information content (AvgIpc) is 2.59. The van der Waals surface area contributed by atoms with Gasteiger partial charge in [-0.1, -0.05) is 6.42 Å². The van der Waals surface area contributed by atoms with E-state index >= 15 is 0 Å². The van der Waals surface area contributed by atoms with Crippen molar-refractivity contribution in [2.75, 3.05) is 19.7 Å². The third kappa shape index (κ3) is 3.95. The Morgan fingerprint density at radius 3 is 2.71 bits per heavy atom. The molecule has 1 aliphatic carbocycles. The molecule has 0 aromatic carbocycles. The van der Waals surface area contributed by atoms with Crippen LogP contribution in [0.3, 0.4) is 0 Å². The Bertz CT molecular complexity index is 150. The summed E-state index contributed by atoms with van der Waals surface area (Å²) >= 11 is 0. The van der Waals surface area contributed by atoms with Crippen molar-refractivity contribution in [1.82, 2.24) is 5.32 Å². The van der Waals surface area contributed by atoms with Gasteiger partial charge in [-0.2, -0.15) is 0 Å². The van der Waals surface area contributed by atoms with Gasteiger partial charge in [0.25, 0.3) is 0 Å². The number of aliphatic hydroxyl groups excluding tert-OH is 2. The summed E-state index contributed by atoms with van der Waals surface area (Å²) in [5.74, 6) is 1.16. The van der Waals surface area contributed by atoms with Crippen LogP contribution < -0.4 is 5.32 Å². The summed E-state index contributed by atoms with van der Waals surface area (Å²) in [4.78, 5) is 0. The van der Waals surface area contributed by atoms with E-state index in [4.69, 9.17) is 10.2 Å². The highest BCUT2D eigenvalue weighted by Gasteiger charge is 2.25. The second kappa shape index (κ2) is 6.38. The first-order valence-electron chi connectivity index (χ1n) is 5.73. The van der Waals surface area contributed by atoms with Gasteiger partial charge in [-0.25, -0.2) is 0 Å². The van der Waals surface area contributed by atoms with Crippen LogP contribution in [0.5, 0.6) is 0 Å². The van der Waals surface area contributed by atoms with Crippen molar-refractivity contribution >= 4 is 0 Å². The van der Waals surface area contributed by atoms with E-state index in [-0.39, 0.29) is 6.10 Å². The van der Waals surface area contributed by atoms with E-state index in [0.29, 0.717) is 18.4 Å². The molecule has 3 heteroatoms. The Labute approximate surface area is 86.5 Å². The lowest BCUT2D eigenvalue weighted by Crippen LogP contribution is -2.28. The Balaban J connectivity index is 2.05. The lowest BCUT2D eigenvalue weighted by atomic mass is 9.97. The van der Waals surface area contributed by atoms with Crippen LogP contribution in [0.4, 0.5) is 0 Å². The highest BCUT2D eigenvalue weighted by Crippen LogP contribution is 2.30. The van der Waals surface area contributed by atoms with Crippen molar-refractivity contribution in [3.05, 3.63) is 0 Å². The van der Waals surface area contributed by atoms with Crippen LogP contribution in [-0.2, 0) is 0 Å². The molecule has 0 aromatic heterocycles. The highest BCUT2D eigenvalue weighted by atomic mass is 16.3. The minimum Gasteiger partial charge on any atom is -0.396 e. The Morgan fingerprint density at radius 2 is 2.07 bits per heavy atom. The van der Waals surface area contributed by atoms with Gasteiger partial charge in [-0.3, -0.25) is 0 Å². The summed E-state index contributed by atoms with van der Waals surface area (Å²) in [6.45, 7) is 4.03. The Morgan fingerprint density at radius 1 is 1.36 bits per heavy atom. The highest BCUT2D eigenvalue weighted by molar-refractivity contribution is 4.78. The smallest absolute Gasteiger partial charge is 0.0524 e. The third-order valence-corrected chi connectivity index (χ3v) is 3.20. The molecule has 3 nitrogen and oxygen atoms in total. The summed E-state index contributed by atoms with van der Waals surface area (Å²) < 4.78 is 0. The Kier molecular flexibility index (Phi) is 5.45. The zero-order valence-corrected chi connectivity index (χ0v) is 9.08. The number of hydrogen-bond acceptors (Lipinski definition) is 3. The predicted molar refractivity (Wildman–Crippen MR) is 57.1 cm³/mol. The van der Waals surface area contributed by atoms with Crippen molar-refractivity contribution in [2.24, 2.45) is 11.8 Å². The third-order valence-electron chi connectivity index (χ3n) is 3.20. The van der Waals surface area contributed by atoms with Gasteiger partial charge in [-0.05, 0) is 51.1 Å². The van der Waals surface area contributed by atoms with Crippen LogP contribution >= 0.6 is 0 Å². The number of nitrogens with one attached hydrogen (secondary N) is 1. The minimum atomic E-state index is -0.209. The predicted octanol–water partition coefficient (Wildman–Crippen LogP) is 0.755.